The fraction of sp³-hybridized carbons (Fsp3) is 0.333. The highest BCUT2D eigenvalue weighted by atomic mass is 32.2. The Kier molecular flexibility index (Phi) is 3.54. The summed E-state index contributed by atoms with van der Waals surface area (Å²) in [5, 5.41) is 0. The predicted octanol–water partition coefficient (Wildman–Crippen LogP) is 2.93. The van der Waals surface area contributed by atoms with Gasteiger partial charge in [-0.25, -0.2) is 8.78 Å². The molecule has 0 bridgehead atoms. The van der Waals surface area contributed by atoms with Crippen LogP contribution < -0.4 is 5.73 Å². The predicted molar refractivity (Wildman–Crippen MR) is 52.3 cm³/mol. The molecular weight excluding hydrogens is 192 g/mol. The molecule has 0 aliphatic carbocycles. The van der Waals surface area contributed by atoms with Crippen molar-refractivity contribution in [3.63, 3.8) is 0 Å². The van der Waals surface area contributed by atoms with Crippen molar-refractivity contribution in [3.05, 3.63) is 23.8 Å². The number of alkyl halides is 2. The normalized spacial score (nSPS) is 10.8. The van der Waals surface area contributed by atoms with E-state index in [0.717, 1.165) is 22.2 Å². The minimum atomic E-state index is -2.29. The smallest absolute Gasteiger partial charge is 0.247 e. The molecule has 0 amide bonds. The average molecular weight is 203 g/mol. The van der Waals surface area contributed by atoms with Crippen LogP contribution in [0, 0.1) is 6.92 Å². The third-order valence-corrected chi connectivity index (χ3v) is 2.62. The molecule has 13 heavy (non-hydrogen) atoms. The quantitative estimate of drug-likeness (QED) is 0.603. The van der Waals surface area contributed by atoms with E-state index in [1.54, 1.807) is 6.07 Å². The lowest BCUT2D eigenvalue weighted by molar-refractivity contribution is 0.177. The Balaban J connectivity index is 2.70. The van der Waals surface area contributed by atoms with Crippen molar-refractivity contribution < 1.29 is 8.78 Å². The lowest BCUT2D eigenvalue weighted by atomic mass is 10.2. The molecule has 0 saturated heterocycles. The molecule has 0 saturated carbocycles. The zero-order chi connectivity index (χ0) is 9.84. The van der Waals surface area contributed by atoms with E-state index in [-0.39, 0.29) is 5.75 Å². The molecule has 0 atom stereocenters. The molecule has 0 aromatic heterocycles. The van der Waals surface area contributed by atoms with Gasteiger partial charge in [0.2, 0.25) is 6.43 Å². The minimum absolute atomic E-state index is 0.201. The van der Waals surface area contributed by atoms with Gasteiger partial charge < -0.3 is 5.73 Å². The zero-order valence-corrected chi connectivity index (χ0v) is 8.07. The van der Waals surface area contributed by atoms with Gasteiger partial charge in [0, 0.05) is 10.6 Å². The molecule has 0 heterocycles. The average Bonchev–Trinajstić information content (AvgIpc) is 2.06. The topological polar surface area (TPSA) is 26.0 Å². The summed E-state index contributed by atoms with van der Waals surface area (Å²) in [6, 6.07) is 5.42. The molecule has 1 aromatic rings. The molecule has 4 heteroatoms. The molecule has 72 valence electrons. The Morgan fingerprint density at radius 2 is 2.15 bits per heavy atom. The molecule has 2 N–H and O–H groups in total. The largest absolute Gasteiger partial charge is 0.398 e. The molecule has 1 aromatic carbocycles. The lowest BCUT2D eigenvalue weighted by Gasteiger charge is -2.05. The van der Waals surface area contributed by atoms with Crippen LogP contribution in [0.3, 0.4) is 0 Å². The number of thioether (sulfide) groups is 1. The van der Waals surface area contributed by atoms with Crippen molar-refractivity contribution in [2.45, 2.75) is 18.2 Å². The summed E-state index contributed by atoms with van der Waals surface area (Å²) < 4.78 is 23.8. The summed E-state index contributed by atoms with van der Waals surface area (Å²) in [5.41, 5.74) is 7.21. The van der Waals surface area contributed by atoms with Crippen LogP contribution in [0.4, 0.5) is 14.5 Å². The molecule has 0 fully saturated rings. The van der Waals surface area contributed by atoms with Crippen LogP contribution >= 0.6 is 11.8 Å². The third kappa shape index (κ3) is 3.22. The number of anilines is 1. The second-order valence-corrected chi connectivity index (χ2v) is 3.81. The van der Waals surface area contributed by atoms with Gasteiger partial charge in [-0.15, -0.1) is 11.8 Å². The maximum Gasteiger partial charge on any atom is 0.247 e. The van der Waals surface area contributed by atoms with Crippen LogP contribution in [-0.2, 0) is 0 Å². The van der Waals surface area contributed by atoms with E-state index < -0.39 is 6.43 Å². The number of halogens is 2. The molecular formula is C9H11F2NS. The van der Waals surface area contributed by atoms with Gasteiger partial charge in [0.05, 0.1) is 5.75 Å². The SMILES string of the molecule is Cc1ccc(N)c(SCC(F)F)c1. The summed E-state index contributed by atoms with van der Waals surface area (Å²) >= 11 is 1.09. The second-order valence-electron chi connectivity index (χ2n) is 2.74. The first-order chi connectivity index (χ1) is 6.09. The Morgan fingerprint density at radius 3 is 2.77 bits per heavy atom. The molecule has 0 aliphatic heterocycles. The number of nitrogens with two attached hydrogens (primary N) is 1. The number of hydrogen-bond donors (Lipinski definition) is 1. The van der Waals surface area contributed by atoms with Crippen LogP contribution in [0.25, 0.3) is 0 Å². The van der Waals surface area contributed by atoms with E-state index in [1.807, 2.05) is 19.1 Å². The molecule has 0 spiro atoms. The van der Waals surface area contributed by atoms with E-state index in [9.17, 15) is 8.78 Å². The number of hydrogen-bond acceptors (Lipinski definition) is 2. The molecule has 1 nitrogen and oxygen atoms in total. The molecule has 0 unspecified atom stereocenters. The van der Waals surface area contributed by atoms with E-state index in [2.05, 4.69) is 0 Å². The van der Waals surface area contributed by atoms with Gasteiger partial charge in [-0.3, -0.25) is 0 Å². The van der Waals surface area contributed by atoms with Gasteiger partial charge in [0.25, 0.3) is 0 Å². The van der Waals surface area contributed by atoms with Crippen molar-refractivity contribution in [3.8, 4) is 0 Å². The highest BCUT2D eigenvalue weighted by molar-refractivity contribution is 7.99. The van der Waals surface area contributed by atoms with Crippen LogP contribution in [0.5, 0.6) is 0 Å². The van der Waals surface area contributed by atoms with Crippen molar-refractivity contribution in [1.29, 1.82) is 0 Å². The maximum absolute atomic E-state index is 11.9. The minimum Gasteiger partial charge on any atom is -0.398 e. The Bertz CT molecular complexity index is 289. The van der Waals surface area contributed by atoms with Gasteiger partial charge in [0.15, 0.2) is 0 Å². The fourth-order valence-corrected chi connectivity index (χ4v) is 1.73. The lowest BCUT2D eigenvalue weighted by Crippen LogP contribution is -1.96. The number of rotatable bonds is 3. The molecule has 0 radical (unpaired) electrons. The summed E-state index contributed by atoms with van der Waals surface area (Å²) in [7, 11) is 0. The van der Waals surface area contributed by atoms with E-state index >= 15 is 0 Å². The van der Waals surface area contributed by atoms with Gasteiger partial charge >= 0.3 is 0 Å². The highest BCUT2D eigenvalue weighted by Gasteiger charge is 2.05. The first-order valence-corrected chi connectivity index (χ1v) is 4.85. The van der Waals surface area contributed by atoms with E-state index in [0.29, 0.717) is 5.69 Å². The summed E-state index contributed by atoms with van der Waals surface area (Å²) in [4.78, 5) is 0.736. The van der Waals surface area contributed by atoms with Crippen molar-refractivity contribution in [1.82, 2.24) is 0 Å². The maximum atomic E-state index is 11.9. The first kappa shape index (κ1) is 10.3. The molecule has 1 rings (SSSR count). The Morgan fingerprint density at radius 1 is 1.46 bits per heavy atom. The number of benzene rings is 1. The summed E-state index contributed by atoms with van der Waals surface area (Å²) in [6.45, 7) is 1.91. The summed E-state index contributed by atoms with van der Waals surface area (Å²) in [6.07, 6.45) is -2.29. The van der Waals surface area contributed by atoms with Gasteiger partial charge in [0.1, 0.15) is 0 Å². The van der Waals surface area contributed by atoms with Crippen molar-refractivity contribution in [2.24, 2.45) is 0 Å². The van der Waals surface area contributed by atoms with E-state index in [1.165, 1.54) is 0 Å². The Hall–Kier alpha value is -0.770. The van der Waals surface area contributed by atoms with Gasteiger partial charge in [-0.05, 0) is 24.6 Å². The van der Waals surface area contributed by atoms with Crippen LogP contribution in [-0.4, -0.2) is 12.2 Å². The monoisotopic (exact) mass is 203 g/mol. The molecule has 0 aliphatic rings. The van der Waals surface area contributed by atoms with Crippen LogP contribution in [0.15, 0.2) is 23.1 Å². The van der Waals surface area contributed by atoms with Crippen LogP contribution in [0.1, 0.15) is 5.56 Å². The number of nitrogen functional groups attached to an aromatic ring is 1. The van der Waals surface area contributed by atoms with Crippen molar-refractivity contribution in [2.75, 3.05) is 11.5 Å². The van der Waals surface area contributed by atoms with E-state index in [4.69, 9.17) is 5.73 Å². The Labute approximate surface area is 80.3 Å². The number of aryl methyl sites for hydroxylation is 1. The fourth-order valence-electron chi connectivity index (χ4n) is 0.919. The van der Waals surface area contributed by atoms with Crippen LogP contribution in [0.2, 0.25) is 0 Å². The zero-order valence-electron chi connectivity index (χ0n) is 7.26. The highest BCUT2D eigenvalue weighted by Crippen LogP contribution is 2.27. The standard InChI is InChI=1S/C9H11F2NS/c1-6-2-3-7(12)8(4-6)13-5-9(10)11/h2-4,9H,5,12H2,1H3. The van der Waals surface area contributed by atoms with Crippen molar-refractivity contribution >= 4 is 17.4 Å². The second kappa shape index (κ2) is 4.46. The van der Waals surface area contributed by atoms with Gasteiger partial charge in [-0.1, -0.05) is 6.07 Å². The summed E-state index contributed by atoms with van der Waals surface area (Å²) in [5.74, 6) is -0.201. The first-order valence-electron chi connectivity index (χ1n) is 3.86. The third-order valence-electron chi connectivity index (χ3n) is 1.53. The van der Waals surface area contributed by atoms with Gasteiger partial charge in [-0.2, -0.15) is 0 Å².